The molecule has 152 valence electrons. The number of aromatic nitrogens is 1. The Morgan fingerprint density at radius 2 is 1.90 bits per heavy atom. The van der Waals surface area contributed by atoms with E-state index in [1.165, 1.54) is 9.78 Å². The van der Waals surface area contributed by atoms with Gasteiger partial charge in [0.1, 0.15) is 12.3 Å². The molecule has 1 aliphatic heterocycles. The number of carbonyl (C=O) groups excluding carboxylic acids is 1. The van der Waals surface area contributed by atoms with Crippen molar-refractivity contribution in [1.29, 1.82) is 0 Å². The molecule has 5 nitrogen and oxygen atoms in total. The molecule has 4 rings (SSSR count). The number of hydrogen-bond donors (Lipinski definition) is 2. The highest BCUT2D eigenvalue weighted by atomic mass is 32.1. The zero-order chi connectivity index (χ0) is 20.4. The van der Waals surface area contributed by atoms with E-state index in [1.807, 2.05) is 24.3 Å². The molecule has 0 bridgehead atoms. The number of ketones is 1. The molecule has 1 saturated heterocycles. The largest absolute Gasteiger partial charge is 0.506 e. The lowest BCUT2D eigenvalue weighted by Crippen LogP contribution is -3.15. The SMILES string of the molecule is Cc1cc(C(=O)C[NH+]2CCN(c3ccccc3O)CC2)c(C)n1Cc1cccs1. The van der Waals surface area contributed by atoms with Crippen LogP contribution in [0.25, 0.3) is 0 Å². The third kappa shape index (κ3) is 4.23. The van der Waals surface area contributed by atoms with Gasteiger partial charge in [0.15, 0.2) is 0 Å². The van der Waals surface area contributed by atoms with Gasteiger partial charge in [0.2, 0.25) is 5.78 Å². The molecule has 0 atom stereocenters. The van der Waals surface area contributed by atoms with Crippen molar-refractivity contribution in [2.45, 2.75) is 20.4 Å². The first-order chi connectivity index (χ1) is 14.0. The molecule has 2 aromatic heterocycles. The van der Waals surface area contributed by atoms with Gasteiger partial charge in [-0.15, -0.1) is 11.3 Å². The van der Waals surface area contributed by atoms with Crippen LogP contribution >= 0.6 is 11.3 Å². The summed E-state index contributed by atoms with van der Waals surface area (Å²) in [5.41, 5.74) is 3.94. The summed E-state index contributed by atoms with van der Waals surface area (Å²) < 4.78 is 2.24. The van der Waals surface area contributed by atoms with Crippen molar-refractivity contribution in [2.75, 3.05) is 37.6 Å². The molecule has 3 aromatic rings. The molecule has 2 N–H and O–H groups in total. The third-order valence-electron chi connectivity index (χ3n) is 5.87. The maximum absolute atomic E-state index is 13.0. The third-order valence-corrected chi connectivity index (χ3v) is 6.73. The van der Waals surface area contributed by atoms with Crippen molar-refractivity contribution in [3.63, 3.8) is 0 Å². The fourth-order valence-corrected chi connectivity index (χ4v) is 4.87. The molecule has 1 aliphatic rings. The minimum Gasteiger partial charge on any atom is -0.506 e. The number of piperazine rings is 1. The van der Waals surface area contributed by atoms with Crippen molar-refractivity contribution in [3.05, 3.63) is 69.7 Å². The molecule has 0 spiro atoms. The Balaban J connectivity index is 1.39. The van der Waals surface area contributed by atoms with Crippen molar-refractivity contribution >= 4 is 22.8 Å². The Morgan fingerprint density at radius 3 is 2.59 bits per heavy atom. The summed E-state index contributed by atoms with van der Waals surface area (Å²) in [4.78, 5) is 17.8. The highest BCUT2D eigenvalue weighted by molar-refractivity contribution is 7.09. The van der Waals surface area contributed by atoms with Gasteiger partial charge < -0.3 is 19.5 Å². The number of aryl methyl sites for hydroxylation is 1. The van der Waals surface area contributed by atoms with Crippen molar-refractivity contribution < 1.29 is 14.8 Å². The number of anilines is 1. The van der Waals surface area contributed by atoms with Crippen LogP contribution in [0.2, 0.25) is 0 Å². The highest BCUT2D eigenvalue weighted by Gasteiger charge is 2.25. The van der Waals surface area contributed by atoms with Crippen molar-refractivity contribution in [3.8, 4) is 5.75 Å². The van der Waals surface area contributed by atoms with E-state index in [4.69, 9.17) is 0 Å². The van der Waals surface area contributed by atoms with Crippen LogP contribution in [0.5, 0.6) is 5.75 Å². The van der Waals surface area contributed by atoms with E-state index in [-0.39, 0.29) is 5.78 Å². The summed E-state index contributed by atoms with van der Waals surface area (Å²) >= 11 is 1.75. The van der Waals surface area contributed by atoms with Gasteiger partial charge in [0.25, 0.3) is 0 Å². The van der Waals surface area contributed by atoms with E-state index in [0.29, 0.717) is 12.3 Å². The Labute approximate surface area is 175 Å². The first-order valence-corrected chi connectivity index (χ1v) is 11.0. The number of rotatable bonds is 6. The predicted octanol–water partition coefficient (Wildman–Crippen LogP) is 2.51. The van der Waals surface area contributed by atoms with Crippen molar-refractivity contribution in [1.82, 2.24) is 4.57 Å². The molecule has 29 heavy (non-hydrogen) atoms. The van der Waals surface area contributed by atoms with Crippen LogP contribution in [-0.4, -0.2) is 48.2 Å². The molecule has 1 aromatic carbocycles. The number of phenolic OH excluding ortho intramolecular Hbond substituents is 1. The molecular weight excluding hydrogens is 382 g/mol. The Kier molecular flexibility index (Phi) is 5.74. The van der Waals surface area contributed by atoms with E-state index >= 15 is 0 Å². The number of para-hydroxylation sites is 2. The van der Waals surface area contributed by atoms with E-state index in [1.54, 1.807) is 17.4 Å². The molecule has 1 fully saturated rings. The van der Waals surface area contributed by atoms with Gasteiger partial charge in [0.05, 0.1) is 38.4 Å². The summed E-state index contributed by atoms with van der Waals surface area (Å²) in [6.07, 6.45) is 0. The van der Waals surface area contributed by atoms with Crippen LogP contribution < -0.4 is 9.80 Å². The molecule has 0 aliphatic carbocycles. The summed E-state index contributed by atoms with van der Waals surface area (Å²) in [6.45, 7) is 8.97. The Hall–Kier alpha value is -2.57. The summed E-state index contributed by atoms with van der Waals surface area (Å²) in [7, 11) is 0. The average Bonchev–Trinajstić information content (AvgIpc) is 3.33. The number of nitrogens with zero attached hydrogens (tertiary/aromatic N) is 2. The number of nitrogens with one attached hydrogen (secondary N) is 1. The topological polar surface area (TPSA) is 49.9 Å². The highest BCUT2D eigenvalue weighted by Crippen LogP contribution is 2.26. The van der Waals surface area contributed by atoms with E-state index in [9.17, 15) is 9.90 Å². The Morgan fingerprint density at radius 1 is 1.14 bits per heavy atom. The second-order valence-corrected chi connectivity index (χ2v) is 8.81. The van der Waals surface area contributed by atoms with Gasteiger partial charge >= 0.3 is 0 Å². The lowest BCUT2D eigenvalue weighted by Gasteiger charge is -2.33. The summed E-state index contributed by atoms with van der Waals surface area (Å²) in [5, 5.41) is 12.2. The zero-order valence-corrected chi connectivity index (χ0v) is 17.8. The summed E-state index contributed by atoms with van der Waals surface area (Å²) in [5.74, 6) is 0.548. The molecule has 0 amide bonds. The number of aromatic hydroxyl groups is 1. The number of Topliss-reactive ketones (excluding diaryl/α,β-unsaturated/α-hetero) is 1. The minimum atomic E-state index is 0.224. The van der Waals surface area contributed by atoms with E-state index < -0.39 is 0 Å². The van der Waals surface area contributed by atoms with Crippen LogP contribution in [0, 0.1) is 13.8 Å². The van der Waals surface area contributed by atoms with Gasteiger partial charge in [-0.3, -0.25) is 4.79 Å². The van der Waals surface area contributed by atoms with Crippen molar-refractivity contribution in [2.24, 2.45) is 0 Å². The number of phenols is 1. The number of thiophene rings is 1. The van der Waals surface area contributed by atoms with Crippen LogP contribution in [0.3, 0.4) is 0 Å². The average molecular weight is 411 g/mol. The monoisotopic (exact) mass is 410 g/mol. The van der Waals surface area contributed by atoms with Gasteiger partial charge in [0, 0.05) is 21.8 Å². The predicted molar refractivity (Wildman–Crippen MR) is 118 cm³/mol. The van der Waals surface area contributed by atoms with Crippen LogP contribution in [0.1, 0.15) is 26.6 Å². The van der Waals surface area contributed by atoms with E-state index in [2.05, 4.69) is 40.8 Å². The molecule has 0 radical (unpaired) electrons. The first-order valence-electron chi connectivity index (χ1n) is 10.1. The lowest BCUT2D eigenvalue weighted by atomic mass is 10.1. The fourth-order valence-electron chi connectivity index (χ4n) is 4.18. The van der Waals surface area contributed by atoms with Crippen LogP contribution in [0.15, 0.2) is 47.8 Å². The summed E-state index contributed by atoms with van der Waals surface area (Å²) in [6, 6.07) is 13.7. The molecule has 3 heterocycles. The minimum absolute atomic E-state index is 0.224. The van der Waals surface area contributed by atoms with E-state index in [0.717, 1.165) is 55.4 Å². The first kappa shape index (κ1) is 19.7. The van der Waals surface area contributed by atoms with Gasteiger partial charge in [-0.1, -0.05) is 18.2 Å². The maximum Gasteiger partial charge on any atom is 0.218 e. The smallest absolute Gasteiger partial charge is 0.218 e. The van der Waals surface area contributed by atoms with Gasteiger partial charge in [-0.25, -0.2) is 0 Å². The quantitative estimate of drug-likeness (QED) is 0.614. The number of benzene rings is 1. The number of carbonyl (C=O) groups is 1. The normalized spacial score (nSPS) is 15.0. The Bertz CT molecular complexity index is 986. The second kappa shape index (κ2) is 8.43. The molecule has 6 heteroatoms. The fraction of sp³-hybridized carbons (Fsp3) is 0.348. The zero-order valence-electron chi connectivity index (χ0n) is 17.0. The van der Waals surface area contributed by atoms with Gasteiger partial charge in [-0.05, 0) is 43.5 Å². The maximum atomic E-state index is 13.0. The lowest BCUT2D eigenvalue weighted by molar-refractivity contribution is -0.892. The number of hydrogen-bond acceptors (Lipinski definition) is 4. The molecule has 0 saturated carbocycles. The van der Waals surface area contributed by atoms with Crippen LogP contribution in [-0.2, 0) is 6.54 Å². The van der Waals surface area contributed by atoms with Gasteiger partial charge in [-0.2, -0.15) is 0 Å². The second-order valence-electron chi connectivity index (χ2n) is 7.78. The molecular formula is C23H28N3O2S+. The van der Waals surface area contributed by atoms with Crippen LogP contribution in [0.4, 0.5) is 5.69 Å². The number of quaternary nitrogens is 1. The molecule has 0 unspecified atom stereocenters. The standard InChI is InChI=1S/C23H27N3O2S/c1-17-14-20(18(2)26(17)15-19-6-5-13-29-19)23(28)16-24-9-11-25(12-10-24)21-7-3-4-8-22(21)27/h3-8,13-14,27H,9-12,15-16H2,1-2H3/p+1.